The Balaban J connectivity index is 1.69. The van der Waals surface area contributed by atoms with Crippen LogP contribution in [0.15, 0.2) is 35.1 Å². The fourth-order valence-corrected chi connectivity index (χ4v) is 1.99. The second kappa shape index (κ2) is 5.86. The van der Waals surface area contributed by atoms with E-state index in [1.165, 1.54) is 12.3 Å². The van der Waals surface area contributed by atoms with Crippen LogP contribution in [0.3, 0.4) is 0 Å². The van der Waals surface area contributed by atoms with Crippen LogP contribution in [-0.2, 0) is 6.54 Å². The summed E-state index contributed by atoms with van der Waals surface area (Å²) in [6.07, 6.45) is 2.90. The molecule has 3 aromatic heterocycles. The van der Waals surface area contributed by atoms with E-state index in [0.29, 0.717) is 34.8 Å². The number of nitrogens with one attached hydrogen (secondary N) is 2. The van der Waals surface area contributed by atoms with Crippen LogP contribution in [0.5, 0.6) is 0 Å². The highest BCUT2D eigenvalue weighted by Crippen LogP contribution is 2.20. The van der Waals surface area contributed by atoms with Gasteiger partial charge in [0.2, 0.25) is 11.7 Å². The Kier molecular flexibility index (Phi) is 3.75. The van der Waals surface area contributed by atoms with E-state index < -0.39 is 5.91 Å². The third-order valence-corrected chi connectivity index (χ3v) is 3.11. The van der Waals surface area contributed by atoms with Gasteiger partial charge >= 0.3 is 0 Å². The number of aromatic amines is 1. The number of hydrogen-bond acceptors (Lipinski definition) is 6. The lowest BCUT2D eigenvalue weighted by Gasteiger charge is -2.06. The summed E-state index contributed by atoms with van der Waals surface area (Å²) in [5.74, 6) is 1.46. The first-order valence-electron chi connectivity index (χ1n) is 6.28. The highest BCUT2D eigenvalue weighted by Gasteiger charge is 2.10. The fraction of sp³-hybridized carbons (Fsp3) is 0.0769. The molecule has 22 heavy (non-hydrogen) atoms. The first kappa shape index (κ1) is 14.1. The molecule has 0 saturated carbocycles. The molecule has 9 heteroatoms. The van der Waals surface area contributed by atoms with Gasteiger partial charge in [0.05, 0.1) is 23.4 Å². The van der Waals surface area contributed by atoms with E-state index in [9.17, 15) is 4.79 Å². The standard InChI is InChI=1S/C13H11ClN6O2/c14-8-4-7(11(15)21)5-16-12(8)17-6-10-18-13(20-19-10)9-2-1-3-22-9/h1-5H,6H2,(H2,15,21)(H,16,17)(H,18,19,20). The lowest BCUT2D eigenvalue weighted by molar-refractivity contribution is 0.1000. The molecule has 3 heterocycles. The van der Waals surface area contributed by atoms with Crippen molar-refractivity contribution >= 4 is 23.3 Å². The summed E-state index contributed by atoms with van der Waals surface area (Å²) < 4.78 is 5.21. The van der Waals surface area contributed by atoms with Crippen molar-refractivity contribution in [1.82, 2.24) is 20.2 Å². The number of nitrogens with zero attached hydrogens (tertiary/aromatic N) is 3. The van der Waals surface area contributed by atoms with Crippen molar-refractivity contribution in [2.45, 2.75) is 6.54 Å². The van der Waals surface area contributed by atoms with Gasteiger partial charge in [-0.15, -0.1) is 5.10 Å². The van der Waals surface area contributed by atoms with Crippen LogP contribution >= 0.6 is 11.6 Å². The Morgan fingerprint density at radius 1 is 1.50 bits per heavy atom. The van der Waals surface area contributed by atoms with Gasteiger partial charge in [0.1, 0.15) is 11.6 Å². The maximum atomic E-state index is 11.0. The third-order valence-electron chi connectivity index (χ3n) is 2.82. The van der Waals surface area contributed by atoms with E-state index >= 15 is 0 Å². The van der Waals surface area contributed by atoms with Crippen molar-refractivity contribution in [3.63, 3.8) is 0 Å². The summed E-state index contributed by atoms with van der Waals surface area (Å²) in [5.41, 5.74) is 5.40. The number of primary amides is 1. The number of hydrogen-bond donors (Lipinski definition) is 3. The van der Waals surface area contributed by atoms with Crippen LogP contribution in [0.25, 0.3) is 11.6 Å². The maximum absolute atomic E-state index is 11.0. The van der Waals surface area contributed by atoms with Crippen LogP contribution in [0.4, 0.5) is 5.82 Å². The summed E-state index contributed by atoms with van der Waals surface area (Å²) in [5, 5.41) is 10.1. The maximum Gasteiger partial charge on any atom is 0.250 e. The number of anilines is 1. The average molecular weight is 319 g/mol. The highest BCUT2D eigenvalue weighted by molar-refractivity contribution is 6.33. The van der Waals surface area contributed by atoms with Crippen molar-refractivity contribution in [2.75, 3.05) is 5.32 Å². The summed E-state index contributed by atoms with van der Waals surface area (Å²) in [4.78, 5) is 19.4. The third kappa shape index (κ3) is 2.91. The molecule has 3 aromatic rings. The summed E-state index contributed by atoms with van der Waals surface area (Å²) in [7, 11) is 0. The average Bonchev–Trinajstić information content (AvgIpc) is 3.16. The molecule has 0 radical (unpaired) electrons. The second-order valence-electron chi connectivity index (χ2n) is 4.36. The number of carbonyl (C=O) groups is 1. The number of amides is 1. The van der Waals surface area contributed by atoms with Crippen molar-refractivity contribution < 1.29 is 9.21 Å². The molecule has 0 spiro atoms. The molecule has 3 rings (SSSR count). The predicted molar refractivity (Wildman–Crippen MR) is 79.2 cm³/mol. The molecule has 1 amide bonds. The smallest absolute Gasteiger partial charge is 0.250 e. The lowest BCUT2D eigenvalue weighted by atomic mass is 10.3. The van der Waals surface area contributed by atoms with Gasteiger partial charge in [-0.2, -0.15) is 0 Å². The Morgan fingerprint density at radius 2 is 2.36 bits per heavy atom. The van der Waals surface area contributed by atoms with E-state index in [4.69, 9.17) is 21.8 Å². The monoisotopic (exact) mass is 318 g/mol. The SMILES string of the molecule is NC(=O)c1cnc(NCc2nc(-c3ccco3)n[nH]2)c(Cl)c1. The molecule has 0 aliphatic rings. The molecule has 0 fully saturated rings. The molecular formula is C13H11ClN6O2. The van der Waals surface area contributed by atoms with Gasteiger partial charge in [-0.25, -0.2) is 9.97 Å². The Morgan fingerprint density at radius 3 is 3.05 bits per heavy atom. The van der Waals surface area contributed by atoms with Gasteiger partial charge in [0, 0.05) is 6.20 Å². The van der Waals surface area contributed by atoms with Gasteiger partial charge in [-0.3, -0.25) is 9.89 Å². The first-order chi connectivity index (χ1) is 10.6. The zero-order chi connectivity index (χ0) is 15.5. The Labute approximate surface area is 129 Å². The molecule has 0 bridgehead atoms. The van der Waals surface area contributed by atoms with Crippen LogP contribution in [-0.4, -0.2) is 26.1 Å². The number of furan rings is 1. The highest BCUT2D eigenvalue weighted by atomic mass is 35.5. The van der Waals surface area contributed by atoms with E-state index in [2.05, 4.69) is 25.5 Å². The van der Waals surface area contributed by atoms with Gasteiger partial charge in [0.25, 0.3) is 0 Å². The summed E-state index contributed by atoms with van der Waals surface area (Å²) in [6, 6.07) is 4.98. The quantitative estimate of drug-likeness (QED) is 0.659. The first-order valence-corrected chi connectivity index (χ1v) is 6.65. The number of nitrogens with two attached hydrogens (primary N) is 1. The molecule has 8 nitrogen and oxygen atoms in total. The number of aromatic nitrogens is 4. The lowest BCUT2D eigenvalue weighted by Crippen LogP contribution is -2.12. The Hall–Kier alpha value is -2.87. The number of halogens is 1. The van der Waals surface area contributed by atoms with Crippen molar-refractivity contribution in [2.24, 2.45) is 5.73 Å². The second-order valence-corrected chi connectivity index (χ2v) is 4.76. The molecule has 0 saturated heterocycles. The van der Waals surface area contributed by atoms with Crippen LogP contribution in [0, 0.1) is 0 Å². The molecule has 0 aliphatic heterocycles. The van der Waals surface area contributed by atoms with Gasteiger partial charge in [-0.1, -0.05) is 11.6 Å². The predicted octanol–water partition coefficient (Wildman–Crippen LogP) is 1.82. The van der Waals surface area contributed by atoms with E-state index in [1.807, 2.05) is 0 Å². The molecule has 0 aromatic carbocycles. The molecule has 4 N–H and O–H groups in total. The number of carbonyl (C=O) groups excluding carboxylic acids is 1. The number of pyridine rings is 1. The molecule has 0 aliphatic carbocycles. The summed E-state index contributed by atoms with van der Waals surface area (Å²) in [6.45, 7) is 0.330. The minimum absolute atomic E-state index is 0.246. The zero-order valence-corrected chi connectivity index (χ0v) is 12.0. The fourth-order valence-electron chi connectivity index (χ4n) is 1.76. The van der Waals surface area contributed by atoms with Crippen molar-refractivity contribution in [3.05, 3.63) is 47.1 Å². The minimum atomic E-state index is -0.584. The van der Waals surface area contributed by atoms with Crippen LogP contribution in [0.1, 0.15) is 16.2 Å². The number of rotatable bonds is 5. The molecule has 0 atom stereocenters. The van der Waals surface area contributed by atoms with Crippen molar-refractivity contribution in [3.8, 4) is 11.6 Å². The zero-order valence-electron chi connectivity index (χ0n) is 11.2. The molecular weight excluding hydrogens is 308 g/mol. The van der Waals surface area contributed by atoms with Crippen LogP contribution < -0.4 is 11.1 Å². The van der Waals surface area contributed by atoms with Gasteiger partial charge in [-0.05, 0) is 18.2 Å². The Bertz CT molecular complexity index is 799. The minimum Gasteiger partial charge on any atom is -0.461 e. The van der Waals surface area contributed by atoms with E-state index in [0.717, 1.165) is 0 Å². The van der Waals surface area contributed by atoms with Gasteiger partial charge < -0.3 is 15.5 Å². The molecule has 0 unspecified atom stereocenters. The molecule has 112 valence electrons. The topological polar surface area (TPSA) is 123 Å². The largest absolute Gasteiger partial charge is 0.461 e. The van der Waals surface area contributed by atoms with Gasteiger partial charge in [0.15, 0.2) is 5.76 Å². The van der Waals surface area contributed by atoms with Crippen molar-refractivity contribution in [1.29, 1.82) is 0 Å². The van der Waals surface area contributed by atoms with E-state index in [-0.39, 0.29) is 5.56 Å². The summed E-state index contributed by atoms with van der Waals surface area (Å²) >= 11 is 6.03. The van der Waals surface area contributed by atoms with Crippen LogP contribution in [0.2, 0.25) is 5.02 Å². The number of H-pyrrole nitrogens is 1. The normalized spacial score (nSPS) is 10.6. The van der Waals surface area contributed by atoms with E-state index in [1.54, 1.807) is 18.4 Å².